The number of hydrogen-bond acceptors (Lipinski definition) is 4. The van der Waals surface area contributed by atoms with Crippen LogP contribution in [0.15, 0.2) is 47.5 Å². The van der Waals surface area contributed by atoms with Crippen LogP contribution in [0.4, 0.5) is 0 Å². The predicted octanol–water partition coefficient (Wildman–Crippen LogP) is 2.35. The van der Waals surface area contributed by atoms with Crippen LogP contribution in [0.3, 0.4) is 0 Å². The van der Waals surface area contributed by atoms with E-state index in [0.717, 1.165) is 10.9 Å². The zero-order chi connectivity index (χ0) is 14.8. The quantitative estimate of drug-likeness (QED) is 0.739. The van der Waals surface area contributed by atoms with Gasteiger partial charge < -0.3 is 4.74 Å². The van der Waals surface area contributed by atoms with Crippen LogP contribution in [0.2, 0.25) is 0 Å². The van der Waals surface area contributed by atoms with Gasteiger partial charge in [0.05, 0.1) is 19.0 Å². The molecule has 0 aliphatic heterocycles. The van der Waals surface area contributed by atoms with Crippen LogP contribution in [-0.4, -0.2) is 21.6 Å². The summed E-state index contributed by atoms with van der Waals surface area (Å²) in [6, 6.07) is 9.26. The predicted molar refractivity (Wildman–Crippen MR) is 81.1 cm³/mol. The number of rotatable bonds is 3. The van der Waals surface area contributed by atoms with Crippen molar-refractivity contribution in [1.29, 1.82) is 0 Å². The average Bonchev–Trinajstić information content (AvgIpc) is 2.54. The van der Waals surface area contributed by atoms with Crippen molar-refractivity contribution < 1.29 is 4.74 Å². The lowest BCUT2D eigenvalue weighted by atomic mass is 10.1. The summed E-state index contributed by atoms with van der Waals surface area (Å²) in [5.74, 6) is 0.510. The fourth-order valence-electron chi connectivity index (χ4n) is 2.32. The number of nitrogens with zero attached hydrogens (tertiary/aromatic N) is 3. The van der Waals surface area contributed by atoms with Gasteiger partial charge in [-0.3, -0.25) is 9.36 Å². The van der Waals surface area contributed by atoms with Gasteiger partial charge in [-0.1, -0.05) is 6.92 Å². The first-order chi connectivity index (χ1) is 10.2. The van der Waals surface area contributed by atoms with Crippen molar-refractivity contribution in [2.75, 3.05) is 7.11 Å². The molecule has 5 heteroatoms. The summed E-state index contributed by atoms with van der Waals surface area (Å²) >= 11 is 0. The average molecular weight is 281 g/mol. The smallest absolute Gasteiger partial charge is 0.260 e. The Kier molecular flexibility index (Phi) is 3.39. The number of fused-ring (bicyclic) bond motifs is 1. The molecule has 0 saturated heterocycles. The minimum atomic E-state index is -0.0596. The molecule has 0 radical (unpaired) electrons. The molecule has 0 fully saturated rings. The maximum Gasteiger partial charge on any atom is 0.260 e. The number of ether oxygens (including phenoxy) is 1. The van der Waals surface area contributed by atoms with Crippen LogP contribution in [0.25, 0.3) is 16.7 Å². The van der Waals surface area contributed by atoms with Crippen LogP contribution in [0.1, 0.15) is 12.5 Å². The van der Waals surface area contributed by atoms with Crippen molar-refractivity contribution in [3.05, 3.63) is 58.6 Å². The molecule has 0 aliphatic carbocycles. The fourth-order valence-corrected chi connectivity index (χ4v) is 2.32. The maximum absolute atomic E-state index is 12.6. The molecule has 0 atom stereocenters. The van der Waals surface area contributed by atoms with Crippen LogP contribution >= 0.6 is 0 Å². The second kappa shape index (κ2) is 5.36. The minimum absolute atomic E-state index is 0.0596. The molecule has 0 unspecified atom stereocenters. The fraction of sp³-hybridized carbons (Fsp3) is 0.188. The zero-order valence-electron chi connectivity index (χ0n) is 11.9. The van der Waals surface area contributed by atoms with Gasteiger partial charge in [-0.05, 0) is 30.7 Å². The number of aromatic nitrogens is 3. The highest BCUT2D eigenvalue weighted by atomic mass is 16.5. The molecule has 21 heavy (non-hydrogen) atoms. The Balaban J connectivity index is 2.33. The third kappa shape index (κ3) is 2.27. The highest BCUT2D eigenvalue weighted by Gasteiger charge is 2.11. The van der Waals surface area contributed by atoms with Crippen LogP contribution < -0.4 is 10.3 Å². The van der Waals surface area contributed by atoms with Gasteiger partial charge in [-0.15, -0.1) is 0 Å². The van der Waals surface area contributed by atoms with Crippen molar-refractivity contribution in [3.8, 4) is 11.6 Å². The lowest BCUT2D eigenvalue weighted by Gasteiger charge is -2.11. The topological polar surface area (TPSA) is 57.0 Å². The van der Waals surface area contributed by atoms with E-state index in [9.17, 15) is 4.79 Å². The largest absolute Gasteiger partial charge is 0.481 e. The van der Waals surface area contributed by atoms with Crippen molar-refractivity contribution in [2.24, 2.45) is 0 Å². The molecular formula is C16H15N3O2. The Morgan fingerprint density at radius 3 is 2.76 bits per heavy atom. The second-order valence-corrected chi connectivity index (χ2v) is 4.64. The van der Waals surface area contributed by atoms with E-state index in [0.29, 0.717) is 23.6 Å². The normalized spacial score (nSPS) is 10.8. The summed E-state index contributed by atoms with van der Waals surface area (Å²) in [7, 11) is 1.56. The van der Waals surface area contributed by atoms with Crippen LogP contribution in [0, 0.1) is 0 Å². The summed E-state index contributed by atoms with van der Waals surface area (Å²) in [6.45, 7) is 1.97. The van der Waals surface area contributed by atoms with Gasteiger partial charge in [-0.25, -0.2) is 9.97 Å². The zero-order valence-corrected chi connectivity index (χ0v) is 11.9. The Hall–Kier alpha value is -2.69. The van der Waals surface area contributed by atoms with Crippen molar-refractivity contribution in [1.82, 2.24) is 14.5 Å². The van der Waals surface area contributed by atoms with E-state index in [1.54, 1.807) is 36.2 Å². The van der Waals surface area contributed by atoms with Crippen molar-refractivity contribution >= 4 is 11.0 Å². The molecule has 3 aromatic heterocycles. The Bertz CT molecular complexity index is 838. The van der Waals surface area contributed by atoms with Crippen LogP contribution in [-0.2, 0) is 6.42 Å². The first kappa shape index (κ1) is 13.3. The third-order valence-electron chi connectivity index (χ3n) is 3.41. The van der Waals surface area contributed by atoms with Gasteiger partial charge in [0.1, 0.15) is 5.65 Å². The first-order valence-electron chi connectivity index (χ1n) is 6.74. The Morgan fingerprint density at radius 2 is 2.10 bits per heavy atom. The Labute approximate surface area is 121 Å². The second-order valence-electron chi connectivity index (χ2n) is 4.64. The molecule has 0 aliphatic rings. The molecular weight excluding hydrogens is 266 g/mol. The standard InChI is InChI=1S/C16H15N3O2/c1-3-11-9-12-5-4-8-17-15(12)19(16(11)20)13-6-7-14(21-2)18-10-13/h4-10H,3H2,1-2H3. The number of aryl methyl sites for hydroxylation is 1. The highest BCUT2D eigenvalue weighted by Crippen LogP contribution is 2.17. The van der Waals surface area contributed by atoms with Gasteiger partial charge >= 0.3 is 0 Å². The first-order valence-corrected chi connectivity index (χ1v) is 6.74. The molecule has 0 saturated carbocycles. The van der Waals surface area contributed by atoms with E-state index in [1.807, 2.05) is 25.1 Å². The molecule has 3 rings (SSSR count). The minimum Gasteiger partial charge on any atom is -0.481 e. The maximum atomic E-state index is 12.6. The molecule has 0 spiro atoms. The number of hydrogen-bond donors (Lipinski definition) is 0. The summed E-state index contributed by atoms with van der Waals surface area (Å²) < 4.78 is 6.65. The molecule has 3 aromatic rings. The van der Waals surface area contributed by atoms with E-state index in [4.69, 9.17) is 4.74 Å². The van der Waals surface area contributed by atoms with E-state index < -0.39 is 0 Å². The number of pyridine rings is 3. The number of methoxy groups -OCH3 is 1. The Morgan fingerprint density at radius 1 is 1.24 bits per heavy atom. The van der Waals surface area contributed by atoms with E-state index >= 15 is 0 Å². The van der Waals surface area contributed by atoms with Gasteiger partial charge in [-0.2, -0.15) is 0 Å². The van der Waals surface area contributed by atoms with Crippen LogP contribution in [0.5, 0.6) is 5.88 Å². The molecule has 106 valence electrons. The molecule has 3 heterocycles. The lowest BCUT2D eigenvalue weighted by Crippen LogP contribution is -2.23. The summed E-state index contributed by atoms with van der Waals surface area (Å²) in [5, 5.41) is 0.935. The van der Waals surface area contributed by atoms with Gasteiger partial charge in [0.2, 0.25) is 5.88 Å². The summed E-state index contributed by atoms with van der Waals surface area (Å²) in [5.41, 5.74) is 2.01. The molecule has 0 bridgehead atoms. The summed E-state index contributed by atoms with van der Waals surface area (Å²) in [6.07, 6.45) is 3.97. The lowest BCUT2D eigenvalue weighted by molar-refractivity contribution is 0.398. The molecule has 0 amide bonds. The van der Waals surface area contributed by atoms with Gasteiger partial charge in [0.15, 0.2) is 0 Å². The van der Waals surface area contributed by atoms with Crippen molar-refractivity contribution in [3.63, 3.8) is 0 Å². The SMILES string of the molecule is CCc1cc2cccnc2n(-c2ccc(OC)nc2)c1=O. The molecule has 0 aromatic carbocycles. The monoisotopic (exact) mass is 281 g/mol. The third-order valence-corrected chi connectivity index (χ3v) is 3.41. The van der Waals surface area contributed by atoms with E-state index in [1.165, 1.54) is 0 Å². The molecule has 0 N–H and O–H groups in total. The summed E-state index contributed by atoms with van der Waals surface area (Å²) in [4.78, 5) is 21.1. The van der Waals surface area contributed by atoms with Crippen molar-refractivity contribution in [2.45, 2.75) is 13.3 Å². The highest BCUT2D eigenvalue weighted by molar-refractivity contribution is 5.77. The van der Waals surface area contributed by atoms with E-state index in [-0.39, 0.29) is 5.56 Å². The van der Waals surface area contributed by atoms with Gasteiger partial charge in [0, 0.05) is 23.2 Å². The van der Waals surface area contributed by atoms with Gasteiger partial charge in [0.25, 0.3) is 5.56 Å². The molecule has 5 nitrogen and oxygen atoms in total. The van der Waals surface area contributed by atoms with E-state index in [2.05, 4.69) is 9.97 Å².